The lowest BCUT2D eigenvalue weighted by Gasteiger charge is -2.27. The molecule has 0 aromatic heterocycles. The third-order valence-electron chi connectivity index (χ3n) is 3.23. The highest BCUT2D eigenvalue weighted by Gasteiger charge is 2.18. The Labute approximate surface area is 112 Å². The zero-order chi connectivity index (χ0) is 13.1. The van der Waals surface area contributed by atoms with Crippen LogP contribution in [0.1, 0.15) is 11.1 Å². The highest BCUT2D eigenvalue weighted by molar-refractivity contribution is 6.32. The van der Waals surface area contributed by atoms with Gasteiger partial charge in [-0.15, -0.1) is 0 Å². The molecule has 1 aliphatic heterocycles. The van der Waals surface area contributed by atoms with Crippen LogP contribution >= 0.6 is 11.6 Å². The van der Waals surface area contributed by atoms with E-state index in [1.165, 1.54) is 7.11 Å². The predicted octanol–water partition coefficient (Wildman–Crippen LogP) is 2.20. The standard InChI is InChI=1S/C13H18ClFN2O/c1-9-7-10(8-17-5-3-16-4-6-17)12(15)13(18-2)11(9)14/h7,16H,3-6,8H2,1-2H3. The first kappa shape index (κ1) is 13.6. The van der Waals surface area contributed by atoms with E-state index in [9.17, 15) is 4.39 Å². The lowest BCUT2D eigenvalue weighted by atomic mass is 10.1. The summed E-state index contributed by atoms with van der Waals surface area (Å²) in [5, 5.41) is 3.64. The number of benzene rings is 1. The molecule has 0 unspecified atom stereocenters. The van der Waals surface area contributed by atoms with E-state index in [0.29, 0.717) is 17.1 Å². The molecular formula is C13H18ClFN2O. The molecule has 3 nitrogen and oxygen atoms in total. The van der Waals surface area contributed by atoms with E-state index in [1.54, 1.807) is 0 Å². The Hall–Kier alpha value is -0.840. The fraction of sp³-hybridized carbons (Fsp3) is 0.538. The molecule has 1 aliphatic rings. The van der Waals surface area contributed by atoms with Gasteiger partial charge in [-0.2, -0.15) is 0 Å². The lowest BCUT2D eigenvalue weighted by molar-refractivity contribution is 0.229. The Morgan fingerprint density at radius 2 is 2.11 bits per heavy atom. The molecule has 0 radical (unpaired) electrons. The van der Waals surface area contributed by atoms with Crippen LogP contribution < -0.4 is 10.1 Å². The smallest absolute Gasteiger partial charge is 0.173 e. The number of halogens is 2. The Balaban J connectivity index is 2.24. The fourth-order valence-electron chi connectivity index (χ4n) is 2.21. The van der Waals surface area contributed by atoms with Crippen molar-refractivity contribution in [3.63, 3.8) is 0 Å². The number of nitrogens with one attached hydrogen (secondary N) is 1. The van der Waals surface area contributed by atoms with Crippen LogP contribution in [0.25, 0.3) is 0 Å². The number of aryl methyl sites for hydroxylation is 1. The van der Waals surface area contributed by atoms with Crippen molar-refractivity contribution in [3.05, 3.63) is 28.0 Å². The summed E-state index contributed by atoms with van der Waals surface area (Å²) in [5.74, 6) is -0.187. The van der Waals surface area contributed by atoms with Crippen LogP contribution in [0.5, 0.6) is 5.75 Å². The molecule has 1 fully saturated rings. The normalized spacial score (nSPS) is 16.9. The van der Waals surface area contributed by atoms with Gasteiger partial charge in [0.2, 0.25) is 0 Å². The van der Waals surface area contributed by atoms with Crippen molar-refractivity contribution in [2.75, 3.05) is 33.3 Å². The SMILES string of the molecule is COc1c(F)c(CN2CCNCC2)cc(C)c1Cl. The van der Waals surface area contributed by atoms with Crippen LogP contribution in [-0.4, -0.2) is 38.2 Å². The maximum Gasteiger partial charge on any atom is 0.173 e. The Morgan fingerprint density at radius 1 is 1.44 bits per heavy atom. The van der Waals surface area contributed by atoms with Crippen LogP contribution in [-0.2, 0) is 6.54 Å². The van der Waals surface area contributed by atoms with Crippen molar-refractivity contribution in [2.45, 2.75) is 13.5 Å². The zero-order valence-corrected chi connectivity index (χ0v) is 11.5. The molecule has 18 heavy (non-hydrogen) atoms. The third-order valence-corrected chi connectivity index (χ3v) is 3.70. The van der Waals surface area contributed by atoms with Crippen molar-refractivity contribution in [3.8, 4) is 5.75 Å². The number of rotatable bonds is 3. The van der Waals surface area contributed by atoms with Gasteiger partial charge in [-0.3, -0.25) is 4.90 Å². The molecule has 1 heterocycles. The second-order valence-corrected chi connectivity index (χ2v) is 4.92. The first-order chi connectivity index (χ1) is 8.63. The van der Waals surface area contributed by atoms with E-state index >= 15 is 0 Å². The molecule has 1 aromatic rings. The summed E-state index contributed by atoms with van der Waals surface area (Å²) >= 11 is 6.02. The van der Waals surface area contributed by atoms with E-state index in [-0.39, 0.29) is 11.6 Å². The van der Waals surface area contributed by atoms with E-state index in [2.05, 4.69) is 10.2 Å². The molecule has 0 aliphatic carbocycles. The minimum atomic E-state index is -0.341. The molecule has 1 aromatic carbocycles. The average Bonchev–Trinajstić information content (AvgIpc) is 2.38. The highest BCUT2D eigenvalue weighted by Crippen LogP contribution is 2.33. The van der Waals surface area contributed by atoms with E-state index in [1.807, 2.05) is 13.0 Å². The predicted molar refractivity (Wildman–Crippen MR) is 70.8 cm³/mol. The summed E-state index contributed by atoms with van der Waals surface area (Å²) in [5.41, 5.74) is 1.50. The number of methoxy groups -OCH3 is 1. The monoisotopic (exact) mass is 272 g/mol. The molecular weight excluding hydrogens is 255 g/mol. The molecule has 0 atom stereocenters. The molecule has 0 spiro atoms. The number of hydrogen-bond acceptors (Lipinski definition) is 3. The minimum Gasteiger partial charge on any atom is -0.492 e. The van der Waals surface area contributed by atoms with E-state index in [0.717, 1.165) is 31.7 Å². The number of hydrogen-bond donors (Lipinski definition) is 1. The molecule has 1 N–H and O–H groups in total. The van der Waals surface area contributed by atoms with Crippen molar-refractivity contribution in [1.29, 1.82) is 0 Å². The second kappa shape index (κ2) is 5.87. The van der Waals surface area contributed by atoms with Crippen LogP contribution in [0.2, 0.25) is 5.02 Å². The van der Waals surface area contributed by atoms with Crippen LogP contribution in [0.15, 0.2) is 6.07 Å². The molecule has 1 saturated heterocycles. The van der Waals surface area contributed by atoms with Gasteiger partial charge < -0.3 is 10.1 Å². The van der Waals surface area contributed by atoms with Crippen molar-refractivity contribution in [1.82, 2.24) is 10.2 Å². The number of nitrogens with zero attached hydrogens (tertiary/aromatic N) is 1. The summed E-state index contributed by atoms with van der Waals surface area (Å²) in [6.07, 6.45) is 0. The minimum absolute atomic E-state index is 0.154. The van der Waals surface area contributed by atoms with Crippen LogP contribution in [0.4, 0.5) is 4.39 Å². The van der Waals surface area contributed by atoms with Gasteiger partial charge in [0.05, 0.1) is 12.1 Å². The topological polar surface area (TPSA) is 24.5 Å². The lowest BCUT2D eigenvalue weighted by Crippen LogP contribution is -2.43. The highest BCUT2D eigenvalue weighted by atomic mass is 35.5. The quantitative estimate of drug-likeness (QED) is 0.913. The van der Waals surface area contributed by atoms with Gasteiger partial charge in [0.1, 0.15) is 0 Å². The second-order valence-electron chi connectivity index (χ2n) is 4.54. The summed E-state index contributed by atoms with van der Waals surface area (Å²) in [4.78, 5) is 2.22. The summed E-state index contributed by atoms with van der Waals surface area (Å²) in [6.45, 7) is 6.23. The van der Waals surface area contributed by atoms with Gasteiger partial charge in [0.25, 0.3) is 0 Å². The van der Waals surface area contributed by atoms with E-state index < -0.39 is 0 Å². The van der Waals surface area contributed by atoms with Gasteiger partial charge in [0.15, 0.2) is 11.6 Å². The third kappa shape index (κ3) is 2.76. The van der Waals surface area contributed by atoms with E-state index in [4.69, 9.17) is 16.3 Å². The number of ether oxygens (including phenoxy) is 1. The van der Waals surface area contributed by atoms with Gasteiger partial charge in [-0.1, -0.05) is 17.7 Å². The average molecular weight is 273 g/mol. The molecule has 100 valence electrons. The maximum atomic E-state index is 14.2. The van der Waals surface area contributed by atoms with Crippen LogP contribution in [0, 0.1) is 12.7 Å². The fourth-order valence-corrected chi connectivity index (χ4v) is 2.43. The first-order valence-corrected chi connectivity index (χ1v) is 6.45. The Morgan fingerprint density at radius 3 is 2.72 bits per heavy atom. The largest absolute Gasteiger partial charge is 0.492 e. The van der Waals surface area contributed by atoms with Gasteiger partial charge >= 0.3 is 0 Å². The molecule has 0 amide bonds. The Kier molecular flexibility index (Phi) is 4.43. The summed E-state index contributed by atoms with van der Waals surface area (Å²) in [7, 11) is 1.44. The van der Waals surface area contributed by atoms with Gasteiger partial charge in [0, 0.05) is 38.3 Å². The molecule has 2 rings (SSSR count). The van der Waals surface area contributed by atoms with Gasteiger partial charge in [-0.25, -0.2) is 4.39 Å². The maximum absolute atomic E-state index is 14.2. The van der Waals surface area contributed by atoms with Crippen molar-refractivity contribution in [2.24, 2.45) is 0 Å². The molecule has 0 saturated carbocycles. The zero-order valence-electron chi connectivity index (χ0n) is 10.7. The summed E-state index contributed by atoms with van der Waals surface area (Å²) < 4.78 is 19.3. The molecule has 0 bridgehead atoms. The van der Waals surface area contributed by atoms with Gasteiger partial charge in [-0.05, 0) is 12.5 Å². The Bertz CT molecular complexity index is 433. The van der Waals surface area contributed by atoms with Crippen molar-refractivity contribution >= 4 is 11.6 Å². The van der Waals surface area contributed by atoms with Crippen molar-refractivity contribution < 1.29 is 9.13 Å². The summed E-state index contributed by atoms with van der Waals surface area (Å²) in [6, 6.07) is 1.81. The first-order valence-electron chi connectivity index (χ1n) is 6.08. The number of piperazine rings is 1. The molecule has 5 heteroatoms. The van der Waals surface area contributed by atoms with Crippen LogP contribution in [0.3, 0.4) is 0 Å².